The van der Waals surface area contributed by atoms with Crippen molar-refractivity contribution < 1.29 is 4.79 Å². The number of rotatable bonds is 3. The van der Waals surface area contributed by atoms with Crippen molar-refractivity contribution in [3.63, 3.8) is 0 Å². The average Bonchev–Trinajstić information content (AvgIpc) is 3.23. The van der Waals surface area contributed by atoms with Crippen LogP contribution in [0.15, 0.2) is 42.5 Å². The quantitative estimate of drug-likeness (QED) is 0.835. The fourth-order valence-electron chi connectivity index (χ4n) is 4.47. The van der Waals surface area contributed by atoms with Crippen molar-refractivity contribution in [3.8, 4) is 0 Å². The van der Waals surface area contributed by atoms with Gasteiger partial charge in [-0.15, -0.1) is 0 Å². The molecule has 1 aromatic carbocycles. The van der Waals surface area contributed by atoms with E-state index >= 15 is 0 Å². The minimum absolute atomic E-state index is 0.0158. The number of urea groups is 1. The van der Waals surface area contributed by atoms with Crippen LogP contribution < -0.4 is 10.2 Å². The number of carbonyl (C=O) groups is 1. The highest BCUT2D eigenvalue weighted by molar-refractivity contribution is 5.89. The number of anilines is 2. The molecule has 0 radical (unpaired) electrons. The Morgan fingerprint density at radius 1 is 1.07 bits per heavy atom. The van der Waals surface area contributed by atoms with Gasteiger partial charge in [0.1, 0.15) is 5.82 Å². The summed E-state index contributed by atoms with van der Waals surface area (Å²) in [5.74, 6) is 1.70. The zero-order valence-corrected chi connectivity index (χ0v) is 16.9. The first-order valence-corrected chi connectivity index (χ1v) is 10.5. The number of aromatic nitrogens is 1. The Morgan fingerprint density at radius 3 is 2.50 bits per heavy atom. The molecule has 148 valence electrons. The fourth-order valence-corrected chi connectivity index (χ4v) is 4.47. The molecule has 28 heavy (non-hydrogen) atoms. The number of aryl methyl sites for hydroxylation is 1. The first kappa shape index (κ1) is 18.8. The molecule has 1 saturated carbocycles. The molecule has 5 nitrogen and oxygen atoms in total. The summed E-state index contributed by atoms with van der Waals surface area (Å²) in [5, 5.41) is 3.08. The molecule has 1 unspecified atom stereocenters. The lowest BCUT2D eigenvalue weighted by Gasteiger charge is -2.40. The molecule has 0 spiro atoms. The largest absolute Gasteiger partial charge is 0.353 e. The van der Waals surface area contributed by atoms with Crippen LogP contribution in [0.5, 0.6) is 0 Å². The molecule has 4 rings (SSSR count). The van der Waals surface area contributed by atoms with E-state index in [1.54, 1.807) is 0 Å². The van der Waals surface area contributed by atoms with Crippen LogP contribution in [0, 0.1) is 6.92 Å². The summed E-state index contributed by atoms with van der Waals surface area (Å²) >= 11 is 0. The van der Waals surface area contributed by atoms with Gasteiger partial charge in [0.05, 0.1) is 0 Å². The molecule has 2 aromatic rings. The molecule has 5 heteroatoms. The Bertz CT molecular complexity index is 814. The highest BCUT2D eigenvalue weighted by Crippen LogP contribution is 2.34. The van der Waals surface area contributed by atoms with Crippen molar-refractivity contribution >= 4 is 17.5 Å². The second kappa shape index (κ2) is 8.21. The van der Waals surface area contributed by atoms with Crippen molar-refractivity contribution in [2.24, 2.45) is 0 Å². The number of nitrogens with one attached hydrogen (secondary N) is 1. The number of pyridine rings is 1. The normalized spacial score (nSPS) is 20.4. The standard InChI is InChI=1S/C23H30N4O/c1-17-6-5-9-22(24-17)26-14-15-27(18(2)16-26)23(28)25-21-12-10-20(11-13-21)19-7-3-4-8-19/h5-6,9-13,18-19H,3-4,7-8,14-16H2,1-2H3,(H,25,28). The Morgan fingerprint density at radius 2 is 1.82 bits per heavy atom. The molecule has 1 aromatic heterocycles. The third kappa shape index (κ3) is 4.13. The predicted molar refractivity (Wildman–Crippen MR) is 114 cm³/mol. The van der Waals surface area contributed by atoms with Crippen LogP contribution in [0.4, 0.5) is 16.3 Å². The van der Waals surface area contributed by atoms with Crippen LogP contribution in [0.3, 0.4) is 0 Å². The van der Waals surface area contributed by atoms with Gasteiger partial charge in [0.2, 0.25) is 0 Å². The molecule has 0 bridgehead atoms. The summed E-state index contributed by atoms with van der Waals surface area (Å²) in [6, 6.07) is 14.7. The summed E-state index contributed by atoms with van der Waals surface area (Å²) in [7, 11) is 0. The number of hydrogen-bond acceptors (Lipinski definition) is 3. The van der Waals surface area contributed by atoms with E-state index in [2.05, 4.69) is 34.3 Å². The summed E-state index contributed by atoms with van der Waals surface area (Å²) < 4.78 is 0. The van der Waals surface area contributed by atoms with Crippen LogP contribution >= 0.6 is 0 Å². The van der Waals surface area contributed by atoms with Crippen molar-refractivity contribution in [2.75, 3.05) is 29.9 Å². The van der Waals surface area contributed by atoms with E-state index in [4.69, 9.17) is 0 Å². The molecule has 2 heterocycles. The predicted octanol–water partition coefficient (Wildman–Crippen LogP) is 4.79. The molecular formula is C23H30N4O. The molecule has 2 amide bonds. The highest BCUT2D eigenvalue weighted by atomic mass is 16.2. The molecular weight excluding hydrogens is 348 g/mol. The Kier molecular flexibility index (Phi) is 5.51. The Hall–Kier alpha value is -2.56. The third-order valence-corrected chi connectivity index (χ3v) is 6.07. The van der Waals surface area contributed by atoms with Gasteiger partial charge in [-0.05, 0) is 62.4 Å². The number of benzene rings is 1. The second-order valence-corrected chi connectivity index (χ2v) is 8.16. The van der Waals surface area contributed by atoms with Crippen molar-refractivity contribution in [1.82, 2.24) is 9.88 Å². The molecule has 1 N–H and O–H groups in total. The van der Waals surface area contributed by atoms with Gasteiger partial charge in [-0.3, -0.25) is 0 Å². The van der Waals surface area contributed by atoms with Gasteiger partial charge in [-0.1, -0.05) is 31.0 Å². The monoisotopic (exact) mass is 378 g/mol. The van der Waals surface area contributed by atoms with Gasteiger partial charge in [0, 0.05) is 37.1 Å². The first-order valence-electron chi connectivity index (χ1n) is 10.5. The maximum atomic E-state index is 12.8. The smallest absolute Gasteiger partial charge is 0.322 e. The van der Waals surface area contributed by atoms with Crippen LogP contribution in [0.2, 0.25) is 0 Å². The zero-order chi connectivity index (χ0) is 19.5. The van der Waals surface area contributed by atoms with E-state index in [0.29, 0.717) is 12.5 Å². The van der Waals surface area contributed by atoms with E-state index < -0.39 is 0 Å². The zero-order valence-electron chi connectivity index (χ0n) is 16.9. The van der Waals surface area contributed by atoms with E-state index in [9.17, 15) is 4.79 Å². The average molecular weight is 379 g/mol. The SMILES string of the molecule is Cc1cccc(N2CCN(C(=O)Nc3ccc(C4CCCC4)cc3)C(C)C2)n1. The van der Waals surface area contributed by atoms with Gasteiger partial charge < -0.3 is 15.1 Å². The first-order chi connectivity index (χ1) is 13.6. The second-order valence-electron chi connectivity index (χ2n) is 8.16. The van der Waals surface area contributed by atoms with Crippen LogP contribution in [-0.4, -0.2) is 41.6 Å². The molecule has 1 atom stereocenters. The van der Waals surface area contributed by atoms with Crippen molar-refractivity contribution in [2.45, 2.75) is 51.5 Å². The summed E-state index contributed by atoms with van der Waals surface area (Å²) in [5.41, 5.74) is 3.30. The Balaban J connectivity index is 1.35. The summed E-state index contributed by atoms with van der Waals surface area (Å²) in [6.45, 7) is 6.40. The molecule has 1 saturated heterocycles. The molecule has 2 aliphatic rings. The Labute approximate surface area is 167 Å². The lowest BCUT2D eigenvalue weighted by Crippen LogP contribution is -2.55. The van der Waals surface area contributed by atoms with Gasteiger partial charge >= 0.3 is 6.03 Å². The number of carbonyl (C=O) groups excluding carboxylic acids is 1. The fraction of sp³-hybridized carbons (Fsp3) is 0.478. The van der Waals surface area contributed by atoms with E-state index in [0.717, 1.165) is 30.3 Å². The van der Waals surface area contributed by atoms with Gasteiger partial charge in [-0.25, -0.2) is 9.78 Å². The van der Waals surface area contributed by atoms with Gasteiger partial charge in [0.25, 0.3) is 0 Å². The molecule has 1 aliphatic carbocycles. The number of amides is 2. The lowest BCUT2D eigenvalue weighted by molar-refractivity contribution is 0.184. The lowest BCUT2D eigenvalue weighted by atomic mass is 9.98. The minimum atomic E-state index is -0.0158. The summed E-state index contributed by atoms with van der Waals surface area (Å²) in [4.78, 5) is 21.6. The maximum Gasteiger partial charge on any atom is 0.322 e. The van der Waals surface area contributed by atoms with Crippen molar-refractivity contribution in [3.05, 3.63) is 53.7 Å². The van der Waals surface area contributed by atoms with Gasteiger partial charge in [-0.2, -0.15) is 0 Å². The molecule has 1 aliphatic heterocycles. The third-order valence-electron chi connectivity index (χ3n) is 6.07. The van der Waals surface area contributed by atoms with Crippen LogP contribution in [-0.2, 0) is 0 Å². The van der Waals surface area contributed by atoms with E-state index in [-0.39, 0.29) is 12.1 Å². The minimum Gasteiger partial charge on any atom is -0.353 e. The summed E-state index contributed by atoms with van der Waals surface area (Å²) in [6.07, 6.45) is 5.27. The molecule has 2 fully saturated rings. The number of hydrogen-bond donors (Lipinski definition) is 1. The van der Waals surface area contributed by atoms with E-state index in [1.165, 1.54) is 31.2 Å². The van der Waals surface area contributed by atoms with Crippen molar-refractivity contribution in [1.29, 1.82) is 0 Å². The van der Waals surface area contributed by atoms with Crippen LogP contribution in [0.25, 0.3) is 0 Å². The van der Waals surface area contributed by atoms with E-state index in [1.807, 2.05) is 42.2 Å². The topological polar surface area (TPSA) is 48.5 Å². The highest BCUT2D eigenvalue weighted by Gasteiger charge is 2.28. The van der Waals surface area contributed by atoms with Gasteiger partial charge in [0.15, 0.2) is 0 Å². The van der Waals surface area contributed by atoms with Crippen LogP contribution in [0.1, 0.15) is 49.8 Å². The number of piperazine rings is 1. The maximum absolute atomic E-state index is 12.8. The number of nitrogens with zero attached hydrogens (tertiary/aromatic N) is 3.